The van der Waals surface area contributed by atoms with Gasteiger partial charge in [0.25, 0.3) is 0 Å². The van der Waals surface area contributed by atoms with Gasteiger partial charge in [0.05, 0.1) is 6.10 Å². The molecule has 2 N–H and O–H groups in total. The lowest BCUT2D eigenvalue weighted by Gasteiger charge is -2.23. The first-order valence-electron chi connectivity index (χ1n) is 8.64. The zero-order valence-electron chi connectivity index (χ0n) is 16.0. The number of aryl methyl sites for hydroxylation is 1. The largest absolute Gasteiger partial charge is 0.453 e. The zero-order chi connectivity index (χ0) is 19.3. The number of β-amino-alcohol motifs (C(OH)–C–C–N with tert-alkyl or cyclic N) is 1. The van der Waals surface area contributed by atoms with Gasteiger partial charge in [-0.2, -0.15) is 0 Å². The van der Waals surface area contributed by atoms with Crippen molar-refractivity contribution >= 4 is 5.97 Å². The Morgan fingerprint density at radius 2 is 1.77 bits per heavy atom. The van der Waals surface area contributed by atoms with Crippen molar-refractivity contribution in [3.05, 3.63) is 53.6 Å². The molecule has 26 heavy (non-hydrogen) atoms. The van der Waals surface area contributed by atoms with E-state index in [9.17, 15) is 9.90 Å². The monoisotopic (exact) mass is 357 g/mol. The minimum absolute atomic E-state index is 0.103. The summed E-state index contributed by atoms with van der Waals surface area (Å²) in [6, 6.07) is 12.7. The van der Waals surface area contributed by atoms with Gasteiger partial charge in [-0.15, -0.1) is 0 Å². The number of aliphatic hydroxyl groups excluding tert-OH is 1. The molecule has 0 aliphatic carbocycles. The Kier molecular flexibility index (Phi) is 6.40. The highest BCUT2D eigenvalue weighted by molar-refractivity contribution is 5.70. The summed E-state index contributed by atoms with van der Waals surface area (Å²) in [6.07, 6.45) is -0.725. The van der Waals surface area contributed by atoms with E-state index in [0.29, 0.717) is 23.6 Å². The topological polar surface area (TPSA) is 67.8 Å². The first kappa shape index (κ1) is 19.9. The van der Waals surface area contributed by atoms with Crippen molar-refractivity contribution in [2.75, 3.05) is 6.54 Å². The van der Waals surface area contributed by atoms with Crippen LogP contribution in [0.1, 0.15) is 44.9 Å². The summed E-state index contributed by atoms with van der Waals surface area (Å²) in [5.41, 5.74) is 1.67. The van der Waals surface area contributed by atoms with Gasteiger partial charge in [-0.05, 0) is 57.5 Å². The number of hydrogen-bond donors (Lipinski definition) is 2. The first-order chi connectivity index (χ1) is 12.1. The van der Waals surface area contributed by atoms with Crippen molar-refractivity contribution in [1.29, 1.82) is 0 Å². The predicted molar refractivity (Wildman–Crippen MR) is 102 cm³/mol. The van der Waals surface area contributed by atoms with Crippen molar-refractivity contribution in [2.24, 2.45) is 0 Å². The normalized spacial score (nSPS) is 12.5. The Hall–Kier alpha value is -2.37. The molecule has 2 aromatic rings. The first-order valence-corrected chi connectivity index (χ1v) is 8.64. The van der Waals surface area contributed by atoms with Crippen LogP contribution in [0.25, 0.3) is 0 Å². The van der Waals surface area contributed by atoms with Crippen LogP contribution in [0.4, 0.5) is 0 Å². The molecule has 2 rings (SSSR count). The molecule has 0 aromatic heterocycles. The molecule has 0 spiro atoms. The molecule has 5 heteroatoms. The quantitative estimate of drug-likeness (QED) is 0.601. The minimum Gasteiger partial charge on any atom is -0.453 e. The van der Waals surface area contributed by atoms with Crippen LogP contribution in [-0.2, 0) is 4.79 Å². The fourth-order valence-corrected chi connectivity index (χ4v) is 2.30. The predicted octanol–water partition coefficient (Wildman–Crippen LogP) is 4.13. The highest BCUT2D eigenvalue weighted by Crippen LogP contribution is 2.34. The molecule has 0 bridgehead atoms. The summed E-state index contributed by atoms with van der Waals surface area (Å²) in [5.74, 6) is 0.902. The molecule has 0 fully saturated rings. The second-order valence-electron chi connectivity index (χ2n) is 7.36. The van der Waals surface area contributed by atoms with Gasteiger partial charge < -0.3 is 19.9 Å². The summed E-state index contributed by atoms with van der Waals surface area (Å²) in [6.45, 7) is 9.81. The van der Waals surface area contributed by atoms with Crippen LogP contribution in [0.2, 0.25) is 0 Å². The summed E-state index contributed by atoms with van der Waals surface area (Å²) >= 11 is 0. The Morgan fingerprint density at radius 1 is 1.12 bits per heavy atom. The number of rotatable bonds is 6. The lowest BCUT2D eigenvalue weighted by Crippen LogP contribution is -2.38. The van der Waals surface area contributed by atoms with E-state index in [-0.39, 0.29) is 11.3 Å². The third-order valence-corrected chi connectivity index (χ3v) is 3.68. The van der Waals surface area contributed by atoms with E-state index in [4.69, 9.17) is 9.47 Å². The molecule has 5 nitrogen and oxygen atoms in total. The Labute approximate surface area is 155 Å². The average Bonchev–Trinajstić information content (AvgIpc) is 2.55. The number of aliphatic hydroxyl groups is 1. The fraction of sp³-hybridized carbons (Fsp3) is 0.381. The number of carbonyl (C=O) groups excluding carboxylic acids is 1. The third-order valence-electron chi connectivity index (χ3n) is 3.68. The fourth-order valence-electron chi connectivity index (χ4n) is 2.30. The summed E-state index contributed by atoms with van der Waals surface area (Å²) in [7, 11) is 0. The van der Waals surface area contributed by atoms with E-state index < -0.39 is 12.1 Å². The number of carbonyl (C=O) groups is 1. The van der Waals surface area contributed by atoms with Gasteiger partial charge in [0.2, 0.25) is 0 Å². The lowest BCUT2D eigenvalue weighted by atomic mass is 10.1. The lowest BCUT2D eigenvalue weighted by molar-refractivity contribution is -0.132. The molecule has 0 saturated heterocycles. The van der Waals surface area contributed by atoms with Crippen molar-refractivity contribution in [2.45, 2.75) is 46.3 Å². The maximum absolute atomic E-state index is 11.4. The average molecular weight is 357 g/mol. The third kappa shape index (κ3) is 6.17. The number of ether oxygens (including phenoxy) is 2. The van der Waals surface area contributed by atoms with Crippen LogP contribution < -0.4 is 14.8 Å². The van der Waals surface area contributed by atoms with Gasteiger partial charge in [-0.25, -0.2) is 0 Å². The highest BCUT2D eigenvalue weighted by Gasteiger charge is 2.17. The molecule has 0 radical (unpaired) electrons. The van der Waals surface area contributed by atoms with Gasteiger partial charge in [0.1, 0.15) is 5.75 Å². The van der Waals surface area contributed by atoms with Crippen LogP contribution in [-0.4, -0.2) is 23.2 Å². The van der Waals surface area contributed by atoms with Crippen LogP contribution in [0.5, 0.6) is 17.2 Å². The van der Waals surface area contributed by atoms with Gasteiger partial charge >= 0.3 is 5.97 Å². The molecule has 140 valence electrons. The smallest absolute Gasteiger partial charge is 0.308 e. The molecular formula is C21H27NO4. The van der Waals surface area contributed by atoms with E-state index in [2.05, 4.69) is 5.32 Å². The number of benzene rings is 2. The van der Waals surface area contributed by atoms with Gasteiger partial charge in [0.15, 0.2) is 11.5 Å². The second kappa shape index (κ2) is 8.34. The maximum atomic E-state index is 11.4. The van der Waals surface area contributed by atoms with E-state index in [1.54, 1.807) is 18.2 Å². The molecule has 0 heterocycles. The zero-order valence-corrected chi connectivity index (χ0v) is 16.0. The van der Waals surface area contributed by atoms with Gasteiger partial charge in [0, 0.05) is 19.0 Å². The number of nitrogens with one attached hydrogen (secondary N) is 1. The van der Waals surface area contributed by atoms with Crippen LogP contribution in [0.3, 0.4) is 0 Å². The van der Waals surface area contributed by atoms with Gasteiger partial charge in [-0.1, -0.05) is 23.8 Å². The Morgan fingerprint density at radius 3 is 2.35 bits per heavy atom. The van der Waals surface area contributed by atoms with E-state index in [1.165, 1.54) is 6.92 Å². The standard InChI is InChI=1S/C21H27NO4/c1-14-6-9-17(10-7-14)26-19-11-8-16(12-20(19)25-15(2)23)18(24)13-22-21(3,4)5/h6-12,18,22,24H,13H2,1-5H3. The molecular weight excluding hydrogens is 330 g/mol. The molecule has 1 atom stereocenters. The van der Waals surface area contributed by atoms with E-state index >= 15 is 0 Å². The van der Waals surface area contributed by atoms with Crippen LogP contribution in [0, 0.1) is 6.92 Å². The molecule has 0 aliphatic rings. The maximum Gasteiger partial charge on any atom is 0.308 e. The highest BCUT2D eigenvalue weighted by atomic mass is 16.6. The van der Waals surface area contributed by atoms with Crippen molar-refractivity contribution in [1.82, 2.24) is 5.32 Å². The van der Waals surface area contributed by atoms with Crippen LogP contribution in [0.15, 0.2) is 42.5 Å². The van der Waals surface area contributed by atoms with E-state index in [1.807, 2.05) is 52.0 Å². The van der Waals surface area contributed by atoms with Crippen molar-refractivity contribution in [3.63, 3.8) is 0 Å². The number of hydrogen-bond acceptors (Lipinski definition) is 5. The summed E-state index contributed by atoms with van der Waals surface area (Å²) in [5, 5.41) is 13.7. The molecule has 0 aliphatic heterocycles. The Balaban J connectivity index is 2.23. The minimum atomic E-state index is -0.725. The Bertz CT molecular complexity index is 748. The summed E-state index contributed by atoms with van der Waals surface area (Å²) in [4.78, 5) is 11.4. The second-order valence-corrected chi connectivity index (χ2v) is 7.36. The number of esters is 1. The molecule has 0 amide bonds. The molecule has 1 unspecified atom stereocenters. The summed E-state index contributed by atoms with van der Waals surface area (Å²) < 4.78 is 11.1. The van der Waals surface area contributed by atoms with Gasteiger partial charge in [-0.3, -0.25) is 4.79 Å². The SMILES string of the molecule is CC(=O)Oc1cc(C(O)CNC(C)(C)C)ccc1Oc1ccc(C)cc1. The molecule has 2 aromatic carbocycles. The molecule has 0 saturated carbocycles. The van der Waals surface area contributed by atoms with Crippen molar-refractivity contribution in [3.8, 4) is 17.2 Å². The van der Waals surface area contributed by atoms with Crippen LogP contribution >= 0.6 is 0 Å². The van der Waals surface area contributed by atoms with E-state index in [0.717, 1.165) is 5.56 Å². The van der Waals surface area contributed by atoms with Crippen molar-refractivity contribution < 1.29 is 19.4 Å².